The first kappa shape index (κ1) is 21.4. The number of aromatic nitrogens is 4. The van der Waals surface area contributed by atoms with Crippen molar-refractivity contribution in [3.05, 3.63) is 64.4 Å². The van der Waals surface area contributed by atoms with E-state index in [4.69, 9.17) is 11.6 Å². The van der Waals surface area contributed by atoms with Crippen LogP contribution in [0.4, 0.5) is 5.69 Å². The van der Waals surface area contributed by atoms with Crippen molar-refractivity contribution in [2.75, 3.05) is 5.32 Å². The molecule has 0 bridgehead atoms. The molecule has 0 fully saturated rings. The maximum Gasteiger partial charge on any atom is 0.253 e. The lowest BCUT2D eigenvalue weighted by atomic mass is 10.0. The molecule has 0 saturated heterocycles. The number of carbonyl (C=O) groups excluding carboxylic acids is 2. The van der Waals surface area contributed by atoms with E-state index in [1.54, 1.807) is 48.0 Å². The van der Waals surface area contributed by atoms with E-state index in [9.17, 15) is 9.59 Å². The lowest BCUT2D eigenvalue weighted by molar-refractivity contribution is -0.118. The highest BCUT2D eigenvalue weighted by Gasteiger charge is 2.25. The summed E-state index contributed by atoms with van der Waals surface area (Å²) in [7, 11) is 0. The van der Waals surface area contributed by atoms with Gasteiger partial charge >= 0.3 is 0 Å². The summed E-state index contributed by atoms with van der Waals surface area (Å²) in [5, 5.41) is 17.5. The van der Waals surface area contributed by atoms with Crippen molar-refractivity contribution in [2.24, 2.45) is 5.92 Å². The van der Waals surface area contributed by atoms with Crippen molar-refractivity contribution in [3.63, 3.8) is 0 Å². The first-order chi connectivity index (χ1) is 14.3. The van der Waals surface area contributed by atoms with Crippen LogP contribution in [0.2, 0.25) is 5.02 Å². The van der Waals surface area contributed by atoms with Crippen LogP contribution < -0.4 is 10.6 Å². The molecule has 0 aliphatic carbocycles. The van der Waals surface area contributed by atoms with Gasteiger partial charge in [-0.3, -0.25) is 9.59 Å². The van der Waals surface area contributed by atoms with Gasteiger partial charge in [-0.25, -0.2) is 0 Å². The van der Waals surface area contributed by atoms with Gasteiger partial charge in [-0.1, -0.05) is 43.6 Å². The average Bonchev–Trinajstić information content (AvgIpc) is 3.13. The Labute approximate surface area is 179 Å². The number of nitrogens with one attached hydrogen (secondary N) is 2. The molecule has 0 radical (unpaired) electrons. The first-order valence-electron chi connectivity index (χ1n) is 9.50. The fourth-order valence-corrected chi connectivity index (χ4v) is 3.21. The third-order valence-electron chi connectivity index (χ3n) is 4.68. The van der Waals surface area contributed by atoms with Gasteiger partial charge in [0.05, 0.1) is 16.3 Å². The quantitative estimate of drug-likeness (QED) is 0.629. The fraction of sp³-hybridized carbons (Fsp3) is 0.286. The molecule has 1 heterocycles. The number of rotatable bonds is 6. The van der Waals surface area contributed by atoms with Crippen LogP contribution >= 0.6 is 11.6 Å². The molecule has 3 rings (SSSR count). The van der Waals surface area contributed by atoms with Crippen molar-refractivity contribution >= 4 is 29.1 Å². The van der Waals surface area contributed by atoms with E-state index in [1.807, 2.05) is 26.8 Å². The second-order valence-electron chi connectivity index (χ2n) is 7.30. The zero-order chi connectivity index (χ0) is 21.8. The summed E-state index contributed by atoms with van der Waals surface area (Å²) in [4.78, 5) is 25.6. The van der Waals surface area contributed by atoms with E-state index in [1.165, 1.54) is 0 Å². The van der Waals surface area contributed by atoms with Gasteiger partial charge in [0.1, 0.15) is 6.04 Å². The molecule has 2 N–H and O–H groups in total. The Kier molecular flexibility index (Phi) is 6.47. The molecule has 156 valence electrons. The number of nitrogens with zero attached hydrogens (tertiary/aromatic N) is 4. The maximum atomic E-state index is 12.9. The molecule has 0 spiro atoms. The van der Waals surface area contributed by atoms with E-state index in [0.29, 0.717) is 22.1 Å². The number of amides is 2. The van der Waals surface area contributed by atoms with Gasteiger partial charge in [-0.15, -0.1) is 5.10 Å². The SMILES string of the molecule is Cc1ccc(NC(=O)C(NC(=O)c2ccccc2Cl)C(C)C)cc1-n1nnnc1C. The van der Waals surface area contributed by atoms with E-state index < -0.39 is 11.9 Å². The highest BCUT2D eigenvalue weighted by molar-refractivity contribution is 6.33. The van der Waals surface area contributed by atoms with Gasteiger partial charge in [0.2, 0.25) is 5.91 Å². The summed E-state index contributed by atoms with van der Waals surface area (Å²) < 4.78 is 1.60. The van der Waals surface area contributed by atoms with Gasteiger partial charge in [0, 0.05) is 5.69 Å². The zero-order valence-electron chi connectivity index (χ0n) is 17.2. The van der Waals surface area contributed by atoms with Gasteiger partial charge < -0.3 is 10.6 Å². The highest BCUT2D eigenvalue weighted by Crippen LogP contribution is 2.20. The van der Waals surface area contributed by atoms with Crippen LogP contribution in [0.5, 0.6) is 0 Å². The lowest BCUT2D eigenvalue weighted by Crippen LogP contribution is -2.47. The Morgan fingerprint density at radius 2 is 1.83 bits per heavy atom. The van der Waals surface area contributed by atoms with Crippen molar-refractivity contribution in [1.29, 1.82) is 0 Å². The molecule has 1 unspecified atom stereocenters. The standard InChI is InChI=1S/C21H23ClN6O2/c1-12(2)19(24-20(29)16-7-5-6-8-17(16)22)21(30)23-15-10-9-13(3)18(11-15)28-14(4)25-26-27-28/h5-12,19H,1-4H3,(H,23,30)(H,24,29). The molecular weight excluding hydrogens is 404 g/mol. The molecule has 9 heteroatoms. The van der Waals surface area contributed by atoms with Gasteiger partial charge in [0.25, 0.3) is 5.91 Å². The van der Waals surface area contributed by atoms with Crippen LogP contribution in [0, 0.1) is 19.8 Å². The molecule has 2 aromatic carbocycles. The smallest absolute Gasteiger partial charge is 0.253 e. The Bertz CT molecular complexity index is 1080. The van der Waals surface area contributed by atoms with Crippen LogP contribution in [-0.4, -0.2) is 38.1 Å². The van der Waals surface area contributed by atoms with Gasteiger partial charge in [0.15, 0.2) is 5.82 Å². The van der Waals surface area contributed by atoms with E-state index in [2.05, 4.69) is 26.2 Å². The number of benzene rings is 2. The van der Waals surface area contributed by atoms with Crippen LogP contribution in [0.15, 0.2) is 42.5 Å². The Morgan fingerprint density at radius 1 is 1.10 bits per heavy atom. The summed E-state index contributed by atoms with van der Waals surface area (Å²) in [6, 6.07) is 11.4. The van der Waals surface area contributed by atoms with Crippen molar-refractivity contribution in [2.45, 2.75) is 33.7 Å². The molecule has 0 aliphatic heterocycles. The number of hydrogen-bond acceptors (Lipinski definition) is 5. The van der Waals surface area contributed by atoms with E-state index in [-0.39, 0.29) is 11.8 Å². The summed E-state index contributed by atoms with van der Waals surface area (Å²) in [6.45, 7) is 7.46. The monoisotopic (exact) mass is 426 g/mol. The fourth-order valence-electron chi connectivity index (χ4n) is 2.99. The predicted octanol–water partition coefficient (Wildman–Crippen LogP) is 3.33. The van der Waals surface area contributed by atoms with Crippen molar-refractivity contribution in [1.82, 2.24) is 25.5 Å². The number of hydrogen-bond donors (Lipinski definition) is 2. The molecule has 2 amide bonds. The summed E-state index contributed by atoms with van der Waals surface area (Å²) in [5.74, 6) is -0.228. The molecule has 30 heavy (non-hydrogen) atoms. The summed E-state index contributed by atoms with van der Waals surface area (Å²) in [6.07, 6.45) is 0. The predicted molar refractivity (Wildman–Crippen MR) is 115 cm³/mol. The van der Waals surface area contributed by atoms with E-state index in [0.717, 1.165) is 11.3 Å². The van der Waals surface area contributed by atoms with Crippen LogP contribution in [0.1, 0.15) is 35.6 Å². The first-order valence-corrected chi connectivity index (χ1v) is 9.88. The molecule has 1 atom stereocenters. The summed E-state index contributed by atoms with van der Waals surface area (Å²) in [5.41, 5.74) is 2.62. The third-order valence-corrected chi connectivity index (χ3v) is 5.01. The normalized spacial score (nSPS) is 11.9. The topological polar surface area (TPSA) is 102 Å². The Balaban J connectivity index is 1.80. The number of anilines is 1. The van der Waals surface area contributed by atoms with Crippen LogP contribution in [-0.2, 0) is 4.79 Å². The molecule has 3 aromatic rings. The number of carbonyl (C=O) groups is 2. The minimum absolute atomic E-state index is 0.136. The van der Waals surface area contributed by atoms with Crippen LogP contribution in [0.25, 0.3) is 5.69 Å². The average molecular weight is 427 g/mol. The van der Waals surface area contributed by atoms with Crippen LogP contribution in [0.3, 0.4) is 0 Å². The molecule has 0 aliphatic rings. The summed E-state index contributed by atoms with van der Waals surface area (Å²) >= 11 is 6.11. The number of halogens is 1. The zero-order valence-corrected chi connectivity index (χ0v) is 17.9. The molecule has 0 saturated carbocycles. The number of tetrazole rings is 1. The Morgan fingerprint density at radius 3 is 2.47 bits per heavy atom. The lowest BCUT2D eigenvalue weighted by Gasteiger charge is -2.22. The number of aryl methyl sites for hydroxylation is 2. The molecule has 1 aromatic heterocycles. The maximum absolute atomic E-state index is 12.9. The molecule has 8 nitrogen and oxygen atoms in total. The minimum atomic E-state index is -0.742. The second-order valence-corrected chi connectivity index (χ2v) is 7.71. The van der Waals surface area contributed by atoms with Crippen molar-refractivity contribution < 1.29 is 9.59 Å². The third kappa shape index (κ3) is 4.65. The second kappa shape index (κ2) is 9.04. The van der Waals surface area contributed by atoms with Crippen molar-refractivity contribution in [3.8, 4) is 5.69 Å². The Hall–Kier alpha value is -3.26. The van der Waals surface area contributed by atoms with E-state index >= 15 is 0 Å². The molecular formula is C21H23ClN6O2. The minimum Gasteiger partial charge on any atom is -0.340 e. The largest absolute Gasteiger partial charge is 0.340 e. The highest BCUT2D eigenvalue weighted by atomic mass is 35.5. The van der Waals surface area contributed by atoms with Gasteiger partial charge in [-0.2, -0.15) is 4.68 Å². The van der Waals surface area contributed by atoms with Gasteiger partial charge in [-0.05, 0) is 60.0 Å².